The second-order valence-corrected chi connectivity index (χ2v) is 4.79. The molecule has 20 heavy (non-hydrogen) atoms. The number of methoxy groups -OCH3 is 2. The van der Waals surface area contributed by atoms with Gasteiger partial charge in [0.05, 0.1) is 19.9 Å². The molecule has 1 rings (SSSR count). The summed E-state index contributed by atoms with van der Waals surface area (Å²) in [6, 6.07) is 5.47. The molecule has 0 aliphatic heterocycles. The fourth-order valence-corrected chi connectivity index (χ4v) is 1.92. The van der Waals surface area contributed by atoms with E-state index in [1.54, 1.807) is 26.0 Å². The molecule has 1 aromatic rings. The number of benzene rings is 1. The summed E-state index contributed by atoms with van der Waals surface area (Å²) < 4.78 is 10.4. The molecule has 0 bridgehead atoms. The standard InChI is InChI=1S/C13H21N3O2S.HI/c1-17-10-5-6-12(18-2)11(9-10)16-13(14)15-7-4-8-19-3;/h5-6,9H,4,7-8H2,1-3H3,(H3,14,15,16);1H. The van der Waals surface area contributed by atoms with Gasteiger partial charge in [0.2, 0.25) is 0 Å². The van der Waals surface area contributed by atoms with E-state index in [1.807, 2.05) is 18.2 Å². The van der Waals surface area contributed by atoms with Crippen LogP contribution >= 0.6 is 35.7 Å². The Bertz CT molecular complexity index is 430. The summed E-state index contributed by atoms with van der Waals surface area (Å²) in [4.78, 5) is 4.26. The average molecular weight is 411 g/mol. The Hall–Kier alpha value is -0.830. The summed E-state index contributed by atoms with van der Waals surface area (Å²) in [5, 5.41) is 3.03. The van der Waals surface area contributed by atoms with E-state index in [0.717, 1.165) is 23.6 Å². The lowest BCUT2D eigenvalue weighted by molar-refractivity contribution is 0.405. The van der Waals surface area contributed by atoms with Crippen molar-refractivity contribution in [3.05, 3.63) is 18.2 Å². The summed E-state index contributed by atoms with van der Waals surface area (Å²) in [6.45, 7) is 0.714. The third-order valence-electron chi connectivity index (χ3n) is 2.46. The average Bonchev–Trinajstić information content (AvgIpc) is 2.43. The molecule has 0 unspecified atom stereocenters. The van der Waals surface area contributed by atoms with Gasteiger partial charge in [-0.1, -0.05) is 0 Å². The van der Waals surface area contributed by atoms with Crippen molar-refractivity contribution in [2.75, 3.05) is 38.1 Å². The lowest BCUT2D eigenvalue weighted by atomic mass is 10.2. The van der Waals surface area contributed by atoms with E-state index in [2.05, 4.69) is 16.6 Å². The number of ether oxygens (including phenoxy) is 2. The molecular formula is C13H22IN3O2S. The summed E-state index contributed by atoms with van der Waals surface area (Å²) in [7, 11) is 3.23. The first kappa shape index (κ1) is 19.2. The highest BCUT2D eigenvalue weighted by atomic mass is 127. The molecule has 0 aromatic heterocycles. The number of halogens is 1. The maximum absolute atomic E-state index is 5.84. The molecule has 0 saturated heterocycles. The van der Waals surface area contributed by atoms with E-state index in [4.69, 9.17) is 15.2 Å². The molecule has 0 heterocycles. The molecule has 0 spiro atoms. The van der Waals surface area contributed by atoms with Gasteiger partial charge in [-0.3, -0.25) is 4.99 Å². The van der Waals surface area contributed by atoms with Crippen LogP contribution in [0.1, 0.15) is 6.42 Å². The number of nitrogens with two attached hydrogens (primary N) is 1. The van der Waals surface area contributed by atoms with Gasteiger partial charge in [0.1, 0.15) is 11.5 Å². The molecule has 0 radical (unpaired) electrons. The fourth-order valence-electron chi connectivity index (χ4n) is 1.50. The fraction of sp³-hybridized carbons (Fsp3) is 0.462. The summed E-state index contributed by atoms with van der Waals surface area (Å²) in [5.41, 5.74) is 6.58. The molecule has 5 nitrogen and oxygen atoms in total. The predicted octanol–water partition coefficient (Wildman–Crippen LogP) is 2.80. The van der Waals surface area contributed by atoms with Crippen LogP contribution in [0, 0.1) is 0 Å². The van der Waals surface area contributed by atoms with Crippen molar-refractivity contribution in [3.63, 3.8) is 0 Å². The van der Waals surface area contributed by atoms with Gasteiger partial charge in [-0.15, -0.1) is 24.0 Å². The van der Waals surface area contributed by atoms with Crippen LogP contribution in [-0.4, -0.2) is 38.7 Å². The first-order valence-electron chi connectivity index (χ1n) is 5.99. The van der Waals surface area contributed by atoms with Crippen LogP contribution in [0.5, 0.6) is 11.5 Å². The Kier molecular flexibility index (Phi) is 10.4. The van der Waals surface area contributed by atoms with Gasteiger partial charge in [-0.05, 0) is 30.6 Å². The van der Waals surface area contributed by atoms with Crippen LogP contribution < -0.4 is 20.5 Å². The molecule has 0 fully saturated rings. The third-order valence-corrected chi connectivity index (χ3v) is 3.16. The normalized spacial score (nSPS) is 10.7. The van der Waals surface area contributed by atoms with Crippen molar-refractivity contribution in [2.45, 2.75) is 6.42 Å². The van der Waals surface area contributed by atoms with E-state index in [0.29, 0.717) is 18.3 Å². The van der Waals surface area contributed by atoms with E-state index in [9.17, 15) is 0 Å². The molecular weight excluding hydrogens is 389 g/mol. The SMILES string of the molecule is COc1ccc(OC)c(NC(N)=NCCCSC)c1.I. The van der Waals surface area contributed by atoms with Crippen molar-refractivity contribution < 1.29 is 9.47 Å². The van der Waals surface area contributed by atoms with Gasteiger partial charge in [-0.25, -0.2) is 0 Å². The largest absolute Gasteiger partial charge is 0.497 e. The predicted molar refractivity (Wildman–Crippen MR) is 98.1 cm³/mol. The maximum atomic E-state index is 5.84. The Morgan fingerprint density at radius 2 is 2.10 bits per heavy atom. The van der Waals surface area contributed by atoms with E-state index in [-0.39, 0.29) is 24.0 Å². The van der Waals surface area contributed by atoms with Crippen molar-refractivity contribution >= 4 is 47.4 Å². The molecule has 1 aromatic carbocycles. The highest BCUT2D eigenvalue weighted by molar-refractivity contribution is 14.0. The van der Waals surface area contributed by atoms with Gasteiger partial charge in [0.15, 0.2) is 5.96 Å². The number of aliphatic imine (C=N–C) groups is 1. The van der Waals surface area contributed by atoms with E-state index in [1.165, 1.54) is 0 Å². The summed E-state index contributed by atoms with van der Waals surface area (Å²) in [6.07, 6.45) is 3.09. The summed E-state index contributed by atoms with van der Waals surface area (Å²) >= 11 is 1.80. The first-order valence-corrected chi connectivity index (χ1v) is 7.38. The number of hydrogen-bond acceptors (Lipinski definition) is 4. The van der Waals surface area contributed by atoms with Crippen molar-refractivity contribution in [2.24, 2.45) is 10.7 Å². The Morgan fingerprint density at radius 1 is 1.35 bits per heavy atom. The Labute approximate surface area is 141 Å². The molecule has 114 valence electrons. The van der Waals surface area contributed by atoms with Gasteiger partial charge in [-0.2, -0.15) is 11.8 Å². The van der Waals surface area contributed by atoms with Crippen LogP contribution in [0.2, 0.25) is 0 Å². The lowest BCUT2D eigenvalue weighted by Gasteiger charge is -2.12. The smallest absolute Gasteiger partial charge is 0.193 e. The highest BCUT2D eigenvalue weighted by Crippen LogP contribution is 2.28. The van der Waals surface area contributed by atoms with Gasteiger partial charge in [0.25, 0.3) is 0 Å². The molecule has 3 N–H and O–H groups in total. The number of nitrogens with zero attached hydrogens (tertiary/aromatic N) is 1. The van der Waals surface area contributed by atoms with Crippen LogP contribution in [0.15, 0.2) is 23.2 Å². The molecule has 0 aliphatic carbocycles. The minimum absolute atomic E-state index is 0. The van der Waals surface area contributed by atoms with E-state index < -0.39 is 0 Å². The zero-order chi connectivity index (χ0) is 14.1. The number of guanidine groups is 1. The van der Waals surface area contributed by atoms with E-state index >= 15 is 0 Å². The molecule has 7 heteroatoms. The monoisotopic (exact) mass is 411 g/mol. The lowest BCUT2D eigenvalue weighted by Crippen LogP contribution is -2.23. The van der Waals surface area contributed by atoms with Gasteiger partial charge >= 0.3 is 0 Å². The van der Waals surface area contributed by atoms with Gasteiger partial charge < -0.3 is 20.5 Å². The first-order chi connectivity index (χ1) is 9.21. The number of anilines is 1. The Morgan fingerprint density at radius 3 is 2.70 bits per heavy atom. The minimum atomic E-state index is 0. The molecule has 0 aliphatic rings. The van der Waals surface area contributed by atoms with Crippen LogP contribution in [-0.2, 0) is 0 Å². The topological polar surface area (TPSA) is 68.9 Å². The minimum Gasteiger partial charge on any atom is -0.497 e. The second-order valence-electron chi connectivity index (χ2n) is 3.80. The van der Waals surface area contributed by atoms with Gasteiger partial charge in [0, 0.05) is 12.6 Å². The third kappa shape index (κ3) is 6.56. The quantitative estimate of drug-likeness (QED) is 0.313. The molecule has 0 saturated carbocycles. The number of rotatable bonds is 7. The number of thioether (sulfide) groups is 1. The van der Waals surface area contributed by atoms with Crippen LogP contribution in [0.3, 0.4) is 0 Å². The zero-order valence-electron chi connectivity index (χ0n) is 12.0. The highest BCUT2D eigenvalue weighted by Gasteiger charge is 2.05. The number of nitrogens with one attached hydrogen (secondary N) is 1. The second kappa shape index (κ2) is 10.9. The summed E-state index contributed by atoms with van der Waals surface area (Å²) in [5.74, 6) is 2.90. The van der Waals surface area contributed by atoms with Crippen molar-refractivity contribution in [1.82, 2.24) is 0 Å². The van der Waals surface area contributed by atoms with Crippen molar-refractivity contribution in [1.29, 1.82) is 0 Å². The van der Waals surface area contributed by atoms with Crippen molar-refractivity contribution in [3.8, 4) is 11.5 Å². The van der Waals surface area contributed by atoms with Crippen LogP contribution in [0.25, 0.3) is 0 Å². The Balaban J connectivity index is 0.00000361. The van der Waals surface area contributed by atoms with Crippen LogP contribution in [0.4, 0.5) is 5.69 Å². The molecule has 0 atom stereocenters. The zero-order valence-corrected chi connectivity index (χ0v) is 15.2. The maximum Gasteiger partial charge on any atom is 0.193 e. The molecule has 0 amide bonds. The number of hydrogen-bond donors (Lipinski definition) is 2.